The zero-order chi connectivity index (χ0) is 17.9. The van der Waals surface area contributed by atoms with Crippen molar-refractivity contribution in [3.8, 4) is 0 Å². The number of aromatic nitrogens is 2. The SMILES string of the molecule is O=C(Nc1ccc(Nc2ccc(C(F)(F)F)cc2)nn1)C1CCCO1. The predicted molar refractivity (Wildman–Crippen MR) is 84.4 cm³/mol. The van der Waals surface area contributed by atoms with Crippen molar-refractivity contribution in [2.45, 2.75) is 25.1 Å². The van der Waals surface area contributed by atoms with Crippen LogP contribution in [0, 0.1) is 0 Å². The molecule has 1 aliphatic rings. The average molecular weight is 352 g/mol. The lowest BCUT2D eigenvalue weighted by atomic mass is 10.2. The van der Waals surface area contributed by atoms with E-state index in [0.29, 0.717) is 24.5 Å². The highest BCUT2D eigenvalue weighted by molar-refractivity contribution is 5.93. The minimum Gasteiger partial charge on any atom is -0.368 e. The van der Waals surface area contributed by atoms with Crippen molar-refractivity contribution in [1.82, 2.24) is 10.2 Å². The van der Waals surface area contributed by atoms with E-state index in [1.807, 2.05) is 0 Å². The number of hydrogen-bond acceptors (Lipinski definition) is 5. The van der Waals surface area contributed by atoms with Gasteiger partial charge in [-0.25, -0.2) is 0 Å². The Morgan fingerprint density at radius 3 is 2.32 bits per heavy atom. The van der Waals surface area contributed by atoms with Gasteiger partial charge >= 0.3 is 6.18 Å². The van der Waals surface area contributed by atoms with Gasteiger partial charge in [0.05, 0.1) is 5.56 Å². The van der Waals surface area contributed by atoms with Crippen molar-refractivity contribution in [1.29, 1.82) is 0 Å². The minimum absolute atomic E-state index is 0.268. The summed E-state index contributed by atoms with van der Waals surface area (Å²) in [5.41, 5.74) is -0.283. The second kappa shape index (κ2) is 7.06. The number of nitrogens with one attached hydrogen (secondary N) is 2. The fourth-order valence-corrected chi connectivity index (χ4v) is 2.35. The number of halogens is 3. The smallest absolute Gasteiger partial charge is 0.368 e. The number of anilines is 3. The van der Waals surface area contributed by atoms with Crippen LogP contribution in [0.2, 0.25) is 0 Å². The van der Waals surface area contributed by atoms with Gasteiger partial charge in [-0.2, -0.15) is 13.2 Å². The quantitative estimate of drug-likeness (QED) is 0.882. The van der Waals surface area contributed by atoms with Crippen molar-refractivity contribution < 1.29 is 22.7 Å². The van der Waals surface area contributed by atoms with Gasteiger partial charge in [-0.05, 0) is 49.2 Å². The molecular formula is C16H15F3N4O2. The molecule has 25 heavy (non-hydrogen) atoms. The first-order valence-electron chi connectivity index (χ1n) is 7.62. The van der Waals surface area contributed by atoms with Gasteiger partial charge in [-0.1, -0.05) is 0 Å². The third kappa shape index (κ3) is 4.44. The number of carbonyl (C=O) groups is 1. The van der Waals surface area contributed by atoms with E-state index in [9.17, 15) is 18.0 Å². The van der Waals surface area contributed by atoms with E-state index < -0.39 is 17.8 Å². The summed E-state index contributed by atoms with van der Waals surface area (Å²) < 4.78 is 42.8. The van der Waals surface area contributed by atoms with Crippen LogP contribution in [-0.2, 0) is 15.7 Å². The first-order valence-corrected chi connectivity index (χ1v) is 7.62. The molecule has 9 heteroatoms. The molecule has 1 fully saturated rings. The number of alkyl halides is 3. The molecule has 1 atom stereocenters. The molecule has 0 spiro atoms. The van der Waals surface area contributed by atoms with Gasteiger partial charge < -0.3 is 15.4 Å². The summed E-state index contributed by atoms with van der Waals surface area (Å²) >= 11 is 0. The molecule has 1 unspecified atom stereocenters. The van der Waals surface area contributed by atoms with Crippen molar-refractivity contribution in [3.05, 3.63) is 42.0 Å². The number of rotatable bonds is 4. The van der Waals surface area contributed by atoms with Gasteiger partial charge in [0, 0.05) is 12.3 Å². The molecule has 1 aromatic heterocycles. The molecular weight excluding hydrogens is 337 g/mol. The zero-order valence-corrected chi connectivity index (χ0v) is 13.0. The van der Waals surface area contributed by atoms with Crippen LogP contribution in [0.4, 0.5) is 30.5 Å². The number of hydrogen-bond donors (Lipinski definition) is 2. The second-order valence-electron chi connectivity index (χ2n) is 5.49. The third-order valence-corrected chi connectivity index (χ3v) is 3.62. The van der Waals surface area contributed by atoms with Gasteiger partial charge in [-0.3, -0.25) is 4.79 Å². The first kappa shape index (κ1) is 17.2. The molecule has 1 aromatic carbocycles. The van der Waals surface area contributed by atoms with E-state index in [4.69, 9.17) is 4.74 Å². The van der Waals surface area contributed by atoms with Gasteiger partial charge in [-0.15, -0.1) is 10.2 Å². The minimum atomic E-state index is -4.37. The monoisotopic (exact) mass is 352 g/mol. The summed E-state index contributed by atoms with van der Waals surface area (Å²) in [6.45, 7) is 0.569. The van der Waals surface area contributed by atoms with Gasteiger partial charge in [0.15, 0.2) is 11.6 Å². The van der Waals surface area contributed by atoms with Crippen molar-refractivity contribution in [3.63, 3.8) is 0 Å². The molecule has 1 saturated heterocycles. The maximum absolute atomic E-state index is 12.5. The molecule has 6 nitrogen and oxygen atoms in total. The predicted octanol–water partition coefficient (Wildman–Crippen LogP) is 3.36. The summed E-state index contributed by atoms with van der Waals surface area (Å²) in [7, 11) is 0. The molecule has 3 rings (SSSR count). The Hall–Kier alpha value is -2.68. The molecule has 0 aliphatic carbocycles. The number of nitrogens with zero attached hydrogens (tertiary/aromatic N) is 2. The van der Waals surface area contributed by atoms with E-state index in [2.05, 4.69) is 20.8 Å². The van der Waals surface area contributed by atoms with Gasteiger partial charge in [0.2, 0.25) is 0 Å². The number of benzene rings is 1. The Morgan fingerprint density at radius 2 is 1.76 bits per heavy atom. The van der Waals surface area contributed by atoms with E-state index in [1.54, 1.807) is 12.1 Å². The average Bonchev–Trinajstić information content (AvgIpc) is 3.11. The lowest BCUT2D eigenvalue weighted by Gasteiger charge is -2.10. The maximum Gasteiger partial charge on any atom is 0.416 e. The Balaban J connectivity index is 1.59. The highest BCUT2D eigenvalue weighted by Gasteiger charge is 2.30. The van der Waals surface area contributed by atoms with Crippen molar-refractivity contribution >= 4 is 23.2 Å². The molecule has 2 N–H and O–H groups in total. The van der Waals surface area contributed by atoms with Crippen LogP contribution in [0.25, 0.3) is 0 Å². The van der Waals surface area contributed by atoms with Crippen molar-refractivity contribution in [2.75, 3.05) is 17.2 Å². The standard InChI is InChI=1S/C16H15F3N4O2/c17-16(18,19)10-3-5-11(6-4-10)20-13-7-8-14(23-22-13)21-15(24)12-2-1-9-25-12/h3-8,12H,1-2,9H2,(H,20,22)(H,21,23,24). The maximum atomic E-state index is 12.5. The molecule has 132 valence electrons. The normalized spacial score (nSPS) is 17.3. The molecule has 1 amide bonds. The summed E-state index contributed by atoms with van der Waals surface area (Å²) in [6.07, 6.45) is -3.32. The van der Waals surface area contributed by atoms with Gasteiger partial charge in [0.1, 0.15) is 6.10 Å². The van der Waals surface area contributed by atoms with Crippen LogP contribution >= 0.6 is 0 Å². The molecule has 0 radical (unpaired) electrons. The second-order valence-corrected chi connectivity index (χ2v) is 5.49. The van der Waals surface area contributed by atoms with Crippen LogP contribution in [-0.4, -0.2) is 28.8 Å². The molecule has 2 heterocycles. The van der Waals surface area contributed by atoms with Crippen LogP contribution in [0.5, 0.6) is 0 Å². The molecule has 0 saturated carbocycles. The van der Waals surface area contributed by atoms with Crippen LogP contribution in [0.1, 0.15) is 18.4 Å². The summed E-state index contributed by atoms with van der Waals surface area (Å²) in [5.74, 6) is 0.351. The summed E-state index contributed by atoms with van der Waals surface area (Å²) in [5, 5.41) is 13.2. The Labute approximate surface area is 141 Å². The highest BCUT2D eigenvalue weighted by atomic mass is 19.4. The highest BCUT2D eigenvalue weighted by Crippen LogP contribution is 2.30. The van der Waals surface area contributed by atoms with E-state index in [1.165, 1.54) is 12.1 Å². The number of ether oxygens (including phenoxy) is 1. The molecule has 2 aromatic rings. The Kier molecular flexibility index (Phi) is 4.84. The number of carbonyl (C=O) groups excluding carboxylic acids is 1. The van der Waals surface area contributed by atoms with Crippen LogP contribution < -0.4 is 10.6 Å². The topological polar surface area (TPSA) is 76.1 Å². The van der Waals surface area contributed by atoms with Crippen LogP contribution in [0.15, 0.2) is 36.4 Å². The lowest BCUT2D eigenvalue weighted by molar-refractivity contribution is -0.137. The van der Waals surface area contributed by atoms with E-state index in [-0.39, 0.29) is 11.7 Å². The molecule has 0 bridgehead atoms. The fraction of sp³-hybridized carbons (Fsp3) is 0.312. The third-order valence-electron chi connectivity index (χ3n) is 3.62. The zero-order valence-electron chi connectivity index (χ0n) is 13.0. The summed E-state index contributed by atoms with van der Waals surface area (Å²) in [4.78, 5) is 11.9. The lowest BCUT2D eigenvalue weighted by Crippen LogP contribution is -2.27. The van der Waals surface area contributed by atoms with E-state index in [0.717, 1.165) is 18.6 Å². The number of amides is 1. The van der Waals surface area contributed by atoms with Gasteiger partial charge in [0.25, 0.3) is 5.91 Å². The van der Waals surface area contributed by atoms with E-state index >= 15 is 0 Å². The van der Waals surface area contributed by atoms with Crippen LogP contribution in [0.3, 0.4) is 0 Å². The Morgan fingerprint density at radius 1 is 1.08 bits per heavy atom. The molecule has 1 aliphatic heterocycles. The fourth-order valence-electron chi connectivity index (χ4n) is 2.35. The van der Waals surface area contributed by atoms with Crippen molar-refractivity contribution in [2.24, 2.45) is 0 Å². The summed E-state index contributed by atoms with van der Waals surface area (Å²) in [6, 6.07) is 7.68. The first-order chi connectivity index (χ1) is 11.9. The largest absolute Gasteiger partial charge is 0.416 e. The Bertz CT molecular complexity index is 727.